The molecule has 2 aromatic carbocycles. The van der Waals surface area contributed by atoms with E-state index in [2.05, 4.69) is 10.5 Å². The van der Waals surface area contributed by atoms with Crippen LogP contribution in [0.25, 0.3) is 0 Å². The minimum Gasteiger partial charge on any atom is -0.504 e. The molecule has 7 nitrogen and oxygen atoms in total. The van der Waals surface area contributed by atoms with Crippen molar-refractivity contribution in [2.24, 2.45) is 5.10 Å². The summed E-state index contributed by atoms with van der Waals surface area (Å²) in [5, 5.41) is 33.0. The van der Waals surface area contributed by atoms with E-state index in [4.69, 9.17) is 5.11 Å². The summed E-state index contributed by atoms with van der Waals surface area (Å²) < 4.78 is 0. The number of non-ortho nitro benzene ring substituents is 1. The average Bonchev–Trinajstić information content (AvgIpc) is 2.43. The maximum atomic E-state index is 10.6. The van der Waals surface area contributed by atoms with Crippen LogP contribution >= 0.6 is 0 Å². The van der Waals surface area contributed by atoms with E-state index >= 15 is 0 Å². The van der Waals surface area contributed by atoms with Gasteiger partial charge in [0.05, 0.1) is 16.8 Å². The summed E-state index contributed by atoms with van der Waals surface area (Å²) in [7, 11) is 0. The van der Waals surface area contributed by atoms with Gasteiger partial charge in [-0.25, -0.2) is 0 Å². The Hall–Kier alpha value is -3.09. The fraction of sp³-hybridized carbons (Fsp3) is 0. The molecule has 102 valence electrons. The third kappa shape index (κ3) is 3.22. The summed E-state index contributed by atoms with van der Waals surface area (Å²) in [6.45, 7) is 0. The van der Waals surface area contributed by atoms with Crippen LogP contribution in [-0.2, 0) is 0 Å². The number of aromatic hydroxyl groups is 2. The molecule has 20 heavy (non-hydrogen) atoms. The third-order valence-corrected chi connectivity index (χ3v) is 2.46. The quantitative estimate of drug-likeness (QED) is 0.343. The highest BCUT2D eigenvalue weighted by Crippen LogP contribution is 2.24. The fourth-order valence-electron chi connectivity index (χ4n) is 1.49. The number of nitrogens with one attached hydrogen (secondary N) is 1. The van der Waals surface area contributed by atoms with Crippen LogP contribution in [0.1, 0.15) is 5.56 Å². The Morgan fingerprint density at radius 1 is 1.15 bits per heavy atom. The Kier molecular flexibility index (Phi) is 3.80. The number of rotatable bonds is 4. The zero-order chi connectivity index (χ0) is 14.5. The molecule has 0 radical (unpaired) electrons. The van der Waals surface area contributed by atoms with E-state index in [1.54, 1.807) is 18.2 Å². The van der Waals surface area contributed by atoms with Crippen molar-refractivity contribution in [2.45, 2.75) is 0 Å². The normalized spacial score (nSPS) is 10.6. The molecular weight excluding hydrogens is 262 g/mol. The van der Waals surface area contributed by atoms with Crippen molar-refractivity contribution in [1.29, 1.82) is 0 Å². The molecule has 0 unspecified atom stereocenters. The predicted molar refractivity (Wildman–Crippen MR) is 74.1 cm³/mol. The largest absolute Gasteiger partial charge is 0.504 e. The number of hydrogen-bond acceptors (Lipinski definition) is 6. The topological polar surface area (TPSA) is 108 Å². The number of nitrogens with zero attached hydrogens (tertiary/aromatic N) is 2. The number of anilines is 1. The van der Waals surface area contributed by atoms with E-state index in [0.717, 1.165) is 0 Å². The van der Waals surface area contributed by atoms with Gasteiger partial charge in [0.25, 0.3) is 5.69 Å². The summed E-state index contributed by atoms with van der Waals surface area (Å²) >= 11 is 0. The molecule has 0 aromatic heterocycles. The van der Waals surface area contributed by atoms with E-state index in [1.807, 2.05) is 0 Å². The number of nitro benzene ring substituents is 1. The molecule has 0 spiro atoms. The zero-order valence-electron chi connectivity index (χ0n) is 10.2. The van der Waals surface area contributed by atoms with E-state index < -0.39 is 4.92 Å². The Balaban J connectivity index is 2.07. The number of phenolic OH excluding ortho intramolecular Hbond substituents is 2. The summed E-state index contributed by atoms with van der Waals surface area (Å²) in [4.78, 5) is 10.1. The number of hydrogen-bond donors (Lipinski definition) is 3. The van der Waals surface area contributed by atoms with E-state index in [-0.39, 0.29) is 17.2 Å². The van der Waals surface area contributed by atoms with Crippen LogP contribution in [0.4, 0.5) is 11.4 Å². The van der Waals surface area contributed by atoms with Crippen molar-refractivity contribution in [3.05, 3.63) is 58.1 Å². The molecule has 3 N–H and O–H groups in total. The lowest BCUT2D eigenvalue weighted by Crippen LogP contribution is -1.93. The number of phenols is 2. The molecule has 0 bridgehead atoms. The van der Waals surface area contributed by atoms with Gasteiger partial charge < -0.3 is 10.2 Å². The second-order valence-electron chi connectivity index (χ2n) is 3.93. The molecule has 0 heterocycles. The lowest BCUT2D eigenvalue weighted by molar-refractivity contribution is -0.384. The highest BCUT2D eigenvalue weighted by molar-refractivity contribution is 5.81. The molecule has 0 aliphatic rings. The molecule has 0 fully saturated rings. The zero-order valence-corrected chi connectivity index (χ0v) is 10.2. The van der Waals surface area contributed by atoms with Gasteiger partial charge in [-0.2, -0.15) is 5.10 Å². The molecule has 2 rings (SSSR count). The highest BCUT2D eigenvalue weighted by atomic mass is 16.6. The van der Waals surface area contributed by atoms with Gasteiger partial charge in [-0.3, -0.25) is 15.5 Å². The molecule has 0 aliphatic carbocycles. The monoisotopic (exact) mass is 273 g/mol. The molecule has 7 heteroatoms. The molecular formula is C13H11N3O4. The first kappa shape index (κ1) is 13.3. The lowest BCUT2D eigenvalue weighted by atomic mass is 10.2. The van der Waals surface area contributed by atoms with E-state index in [0.29, 0.717) is 11.3 Å². The standard InChI is InChI=1S/C13H11N3O4/c17-12-5-4-9(6-13(12)18)8-14-15-10-2-1-3-11(7-10)16(19)20/h1-8,15,17-18H. The summed E-state index contributed by atoms with van der Waals surface area (Å²) in [5.41, 5.74) is 3.65. The highest BCUT2D eigenvalue weighted by Gasteiger charge is 2.04. The Morgan fingerprint density at radius 2 is 1.95 bits per heavy atom. The second kappa shape index (κ2) is 5.70. The number of nitro groups is 1. The van der Waals surface area contributed by atoms with Gasteiger partial charge in [0, 0.05) is 12.1 Å². The van der Waals surface area contributed by atoms with Crippen LogP contribution < -0.4 is 5.43 Å². The fourth-order valence-corrected chi connectivity index (χ4v) is 1.49. The second-order valence-corrected chi connectivity index (χ2v) is 3.93. The smallest absolute Gasteiger partial charge is 0.271 e. The summed E-state index contributed by atoms with van der Waals surface area (Å²) in [6.07, 6.45) is 1.41. The van der Waals surface area contributed by atoms with Crippen molar-refractivity contribution in [2.75, 3.05) is 5.43 Å². The number of hydrazone groups is 1. The van der Waals surface area contributed by atoms with Crippen molar-refractivity contribution < 1.29 is 15.1 Å². The molecule has 0 saturated carbocycles. The van der Waals surface area contributed by atoms with Gasteiger partial charge in [-0.15, -0.1) is 0 Å². The van der Waals surface area contributed by atoms with Crippen LogP contribution in [0.3, 0.4) is 0 Å². The Bertz CT molecular complexity index is 670. The van der Waals surface area contributed by atoms with Crippen LogP contribution in [0.2, 0.25) is 0 Å². The van der Waals surface area contributed by atoms with Gasteiger partial charge in [-0.1, -0.05) is 6.07 Å². The van der Waals surface area contributed by atoms with Crippen LogP contribution in [0.15, 0.2) is 47.6 Å². The average molecular weight is 273 g/mol. The summed E-state index contributed by atoms with van der Waals surface area (Å²) in [6, 6.07) is 10.2. The first-order chi connectivity index (χ1) is 9.56. The minimum atomic E-state index is -0.493. The maximum absolute atomic E-state index is 10.6. The molecule has 2 aromatic rings. The summed E-state index contributed by atoms with van der Waals surface area (Å²) in [5.74, 6) is -0.460. The first-order valence-corrected chi connectivity index (χ1v) is 5.62. The maximum Gasteiger partial charge on any atom is 0.271 e. The van der Waals surface area contributed by atoms with E-state index in [9.17, 15) is 15.2 Å². The van der Waals surface area contributed by atoms with Gasteiger partial charge in [0.2, 0.25) is 0 Å². The van der Waals surface area contributed by atoms with Crippen molar-refractivity contribution >= 4 is 17.6 Å². The molecule has 0 saturated heterocycles. The van der Waals surface area contributed by atoms with Crippen LogP contribution in [0, 0.1) is 10.1 Å². The third-order valence-electron chi connectivity index (χ3n) is 2.46. The Labute approximate surface area is 114 Å². The van der Waals surface area contributed by atoms with Crippen molar-refractivity contribution in [3.63, 3.8) is 0 Å². The molecule has 0 atom stereocenters. The first-order valence-electron chi connectivity index (χ1n) is 5.62. The van der Waals surface area contributed by atoms with Gasteiger partial charge in [0.1, 0.15) is 0 Å². The van der Waals surface area contributed by atoms with Crippen molar-refractivity contribution in [3.8, 4) is 11.5 Å². The molecule has 0 aliphatic heterocycles. The van der Waals surface area contributed by atoms with Crippen LogP contribution in [0.5, 0.6) is 11.5 Å². The number of benzene rings is 2. The Morgan fingerprint density at radius 3 is 2.65 bits per heavy atom. The van der Waals surface area contributed by atoms with Crippen molar-refractivity contribution in [1.82, 2.24) is 0 Å². The SMILES string of the molecule is O=[N+]([O-])c1cccc(NN=Cc2ccc(O)c(O)c2)c1. The van der Waals surface area contributed by atoms with E-state index in [1.165, 1.54) is 30.5 Å². The van der Waals surface area contributed by atoms with Gasteiger partial charge in [-0.05, 0) is 29.8 Å². The van der Waals surface area contributed by atoms with Gasteiger partial charge >= 0.3 is 0 Å². The molecule has 0 amide bonds. The van der Waals surface area contributed by atoms with Crippen LogP contribution in [-0.4, -0.2) is 21.4 Å². The van der Waals surface area contributed by atoms with Gasteiger partial charge in [0.15, 0.2) is 11.5 Å². The minimum absolute atomic E-state index is 0.0347. The lowest BCUT2D eigenvalue weighted by Gasteiger charge is -2.00. The predicted octanol–water partition coefficient (Wildman–Crippen LogP) is 2.45.